The molecule has 1 saturated heterocycles. The van der Waals surface area contributed by atoms with Gasteiger partial charge in [-0.2, -0.15) is 4.31 Å². The van der Waals surface area contributed by atoms with Gasteiger partial charge in [0.1, 0.15) is 4.21 Å². The van der Waals surface area contributed by atoms with Gasteiger partial charge in [-0.25, -0.2) is 8.42 Å². The number of sulfonamides is 1. The predicted molar refractivity (Wildman–Crippen MR) is 128 cm³/mol. The van der Waals surface area contributed by atoms with Crippen LogP contribution in [-0.2, 0) is 21.4 Å². The summed E-state index contributed by atoms with van der Waals surface area (Å²) in [5.41, 5.74) is 1.67. The zero-order chi connectivity index (χ0) is 22.5. The Labute approximate surface area is 199 Å². The Bertz CT molecular complexity index is 1470. The van der Waals surface area contributed by atoms with E-state index < -0.39 is 10.0 Å². The van der Waals surface area contributed by atoms with Gasteiger partial charge in [-0.15, -0.1) is 11.3 Å². The molecule has 0 radical (unpaired) electrons. The number of rotatable bonds is 4. The first-order valence-corrected chi connectivity index (χ1v) is 12.8. The summed E-state index contributed by atoms with van der Waals surface area (Å²) in [6.45, 7) is 0.754. The Morgan fingerprint density at radius 1 is 1.03 bits per heavy atom. The fourth-order valence-electron chi connectivity index (χ4n) is 3.77. The monoisotopic (exact) mass is 505 g/mol. The van der Waals surface area contributed by atoms with E-state index in [-0.39, 0.29) is 23.2 Å². The second-order valence-corrected chi connectivity index (χ2v) is 11.6. The largest absolute Gasteiger partial charge is 0.336 e. The normalized spacial score (nSPS) is 15.7. The van der Waals surface area contributed by atoms with E-state index in [1.807, 2.05) is 18.2 Å². The van der Waals surface area contributed by atoms with Crippen LogP contribution in [0.5, 0.6) is 0 Å². The highest BCUT2D eigenvalue weighted by Gasteiger charge is 2.34. The molecule has 10 heteroatoms. The molecule has 164 valence electrons. The molecule has 2 aromatic heterocycles. The molecular weight excluding hydrogens is 489 g/mol. The van der Waals surface area contributed by atoms with Gasteiger partial charge < -0.3 is 4.90 Å². The fraction of sp³-hybridized carbons (Fsp3) is 0.182. The number of benzene rings is 2. The second kappa shape index (κ2) is 8.28. The van der Waals surface area contributed by atoms with Crippen LogP contribution in [0.1, 0.15) is 5.56 Å². The molecule has 6 nitrogen and oxygen atoms in total. The van der Waals surface area contributed by atoms with Gasteiger partial charge in [0, 0.05) is 40.9 Å². The Morgan fingerprint density at radius 3 is 2.69 bits per heavy atom. The standard InChI is InChI=1S/C22H17Cl2N3O3S2/c23-16-3-2-15-10-22(31-20(15)11-16)32(29,30)27-8-7-26(21(28)13-27)12-14-1-4-17-18(24)5-6-25-19(17)9-14/h1-6,9-11H,7-8,12-13H2. The van der Waals surface area contributed by atoms with Gasteiger partial charge in [0.2, 0.25) is 5.91 Å². The number of pyridine rings is 1. The van der Waals surface area contributed by atoms with Crippen molar-refractivity contribution in [1.29, 1.82) is 0 Å². The summed E-state index contributed by atoms with van der Waals surface area (Å²) in [4.78, 5) is 18.8. The number of hydrogen-bond acceptors (Lipinski definition) is 5. The van der Waals surface area contributed by atoms with Crippen LogP contribution in [0.2, 0.25) is 10.0 Å². The highest BCUT2D eigenvalue weighted by atomic mass is 35.5. The molecule has 0 saturated carbocycles. The number of hydrogen-bond donors (Lipinski definition) is 0. The molecular formula is C22H17Cl2N3O3S2. The molecule has 5 rings (SSSR count). The van der Waals surface area contributed by atoms with Crippen LogP contribution in [0, 0.1) is 0 Å². The molecule has 0 aliphatic carbocycles. The second-order valence-electron chi connectivity index (χ2n) is 7.55. The van der Waals surface area contributed by atoms with Gasteiger partial charge in [0.05, 0.1) is 17.1 Å². The SMILES string of the molecule is O=C1CN(S(=O)(=O)c2cc3ccc(Cl)cc3s2)CCN1Cc1ccc2c(Cl)ccnc2c1. The topological polar surface area (TPSA) is 70.6 Å². The molecule has 1 amide bonds. The zero-order valence-corrected chi connectivity index (χ0v) is 19.8. The number of nitrogens with zero attached hydrogens (tertiary/aromatic N) is 3. The minimum Gasteiger partial charge on any atom is -0.336 e. The highest BCUT2D eigenvalue weighted by molar-refractivity contribution is 7.91. The maximum absolute atomic E-state index is 13.1. The van der Waals surface area contributed by atoms with Gasteiger partial charge in [-0.3, -0.25) is 9.78 Å². The number of carbonyl (C=O) groups excluding carboxylic acids is 1. The van der Waals surface area contributed by atoms with E-state index in [4.69, 9.17) is 23.2 Å². The van der Waals surface area contributed by atoms with Crippen LogP contribution in [0.15, 0.2) is 58.9 Å². The molecule has 1 aliphatic rings. The van der Waals surface area contributed by atoms with Crippen LogP contribution in [-0.4, -0.2) is 48.1 Å². The minimum absolute atomic E-state index is 0.186. The van der Waals surface area contributed by atoms with Crippen molar-refractivity contribution in [1.82, 2.24) is 14.2 Å². The highest BCUT2D eigenvalue weighted by Crippen LogP contribution is 2.33. The Kier molecular flexibility index (Phi) is 5.59. The van der Waals surface area contributed by atoms with Crippen molar-refractivity contribution in [3.63, 3.8) is 0 Å². The van der Waals surface area contributed by atoms with Gasteiger partial charge in [0.15, 0.2) is 0 Å². The van der Waals surface area contributed by atoms with E-state index >= 15 is 0 Å². The lowest BCUT2D eigenvalue weighted by atomic mass is 10.1. The van der Waals surface area contributed by atoms with Crippen molar-refractivity contribution in [3.05, 3.63) is 70.3 Å². The number of carbonyl (C=O) groups is 1. The molecule has 0 N–H and O–H groups in total. The summed E-state index contributed by atoms with van der Waals surface area (Å²) >= 11 is 13.4. The maximum atomic E-state index is 13.1. The van der Waals surface area contributed by atoms with E-state index in [9.17, 15) is 13.2 Å². The van der Waals surface area contributed by atoms with Crippen LogP contribution in [0.3, 0.4) is 0 Å². The number of halogens is 2. The molecule has 1 fully saturated rings. The van der Waals surface area contributed by atoms with Crippen LogP contribution >= 0.6 is 34.5 Å². The molecule has 0 spiro atoms. The Morgan fingerprint density at radius 2 is 1.88 bits per heavy atom. The molecule has 32 heavy (non-hydrogen) atoms. The maximum Gasteiger partial charge on any atom is 0.253 e. The van der Waals surface area contributed by atoms with Crippen LogP contribution in [0.4, 0.5) is 0 Å². The van der Waals surface area contributed by atoms with Gasteiger partial charge >= 0.3 is 0 Å². The molecule has 4 aromatic rings. The average molecular weight is 506 g/mol. The first-order valence-electron chi connectivity index (χ1n) is 9.81. The predicted octanol–water partition coefficient (Wildman–Crippen LogP) is 4.79. The van der Waals surface area contributed by atoms with E-state index in [1.54, 1.807) is 41.4 Å². The Hall–Kier alpha value is -2.23. The summed E-state index contributed by atoms with van der Waals surface area (Å²) in [6.07, 6.45) is 1.64. The van der Waals surface area contributed by atoms with E-state index in [0.29, 0.717) is 23.1 Å². The van der Waals surface area contributed by atoms with Gasteiger partial charge in [-0.05, 0) is 41.3 Å². The number of piperazine rings is 1. The average Bonchev–Trinajstić information content (AvgIpc) is 3.19. The third kappa shape index (κ3) is 3.97. The first-order chi connectivity index (χ1) is 15.3. The van der Waals surface area contributed by atoms with Crippen molar-refractivity contribution in [3.8, 4) is 0 Å². The summed E-state index contributed by atoms with van der Waals surface area (Å²) in [5, 5.41) is 2.84. The number of aromatic nitrogens is 1. The van der Waals surface area contributed by atoms with E-state index in [1.165, 1.54) is 4.31 Å². The molecule has 2 aromatic carbocycles. The number of amides is 1. The number of thiophene rings is 1. The third-order valence-electron chi connectivity index (χ3n) is 5.46. The van der Waals surface area contributed by atoms with Crippen molar-refractivity contribution in [2.75, 3.05) is 19.6 Å². The van der Waals surface area contributed by atoms with E-state index in [2.05, 4.69) is 4.98 Å². The van der Waals surface area contributed by atoms with Crippen molar-refractivity contribution in [2.24, 2.45) is 0 Å². The zero-order valence-electron chi connectivity index (χ0n) is 16.7. The molecule has 0 unspecified atom stereocenters. The van der Waals surface area contributed by atoms with Gasteiger partial charge in [0.25, 0.3) is 10.0 Å². The molecule has 0 atom stereocenters. The van der Waals surface area contributed by atoms with Crippen molar-refractivity contribution >= 4 is 71.5 Å². The fourth-order valence-corrected chi connectivity index (χ4v) is 7.20. The summed E-state index contributed by atoms with van der Waals surface area (Å²) in [6, 6.07) is 14.3. The summed E-state index contributed by atoms with van der Waals surface area (Å²) < 4.78 is 28.5. The van der Waals surface area contributed by atoms with Crippen LogP contribution < -0.4 is 0 Å². The third-order valence-corrected chi connectivity index (χ3v) is 9.42. The molecule has 1 aliphatic heterocycles. The van der Waals surface area contributed by atoms with Crippen molar-refractivity contribution in [2.45, 2.75) is 10.8 Å². The molecule has 3 heterocycles. The quantitative estimate of drug-likeness (QED) is 0.399. The van der Waals surface area contributed by atoms with Crippen LogP contribution in [0.25, 0.3) is 21.0 Å². The van der Waals surface area contributed by atoms with Crippen molar-refractivity contribution < 1.29 is 13.2 Å². The summed E-state index contributed by atoms with van der Waals surface area (Å²) in [5.74, 6) is -0.233. The lowest BCUT2D eigenvalue weighted by molar-refractivity contribution is -0.134. The molecule has 0 bridgehead atoms. The Balaban J connectivity index is 1.32. The first kappa shape index (κ1) is 21.6. The summed E-state index contributed by atoms with van der Waals surface area (Å²) in [7, 11) is -3.76. The number of fused-ring (bicyclic) bond motifs is 2. The lowest BCUT2D eigenvalue weighted by Crippen LogP contribution is -2.51. The van der Waals surface area contributed by atoms with Gasteiger partial charge in [-0.1, -0.05) is 41.4 Å². The lowest BCUT2D eigenvalue weighted by Gasteiger charge is -2.33. The smallest absolute Gasteiger partial charge is 0.253 e. The van der Waals surface area contributed by atoms with E-state index in [0.717, 1.165) is 37.9 Å². The minimum atomic E-state index is -3.76.